The van der Waals surface area contributed by atoms with Crippen LogP contribution in [0, 0.1) is 0 Å². The van der Waals surface area contributed by atoms with E-state index in [1.165, 1.54) is 353 Å². The number of rotatable bonds is 69. The van der Waals surface area contributed by atoms with Gasteiger partial charge in [-0.25, -0.2) is 0 Å². The van der Waals surface area contributed by atoms with Crippen LogP contribution in [0.1, 0.15) is 425 Å². The molecule has 0 heterocycles. The van der Waals surface area contributed by atoms with Gasteiger partial charge < -0.3 is 20.3 Å². The summed E-state index contributed by atoms with van der Waals surface area (Å²) in [7, 11) is 0. The first-order valence-electron chi connectivity index (χ1n) is 36.3. The van der Waals surface area contributed by atoms with Crippen molar-refractivity contribution in [1.29, 1.82) is 0 Å². The zero-order valence-electron chi connectivity index (χ0n) is 53.4. The van der Waals surface area contributed by atoms with Crippen LogP contribution in [-0.2, 0) is 14.3 Å². The molecule has 6 nitrogen and oxygen atoms in total. The maximum Gasteiger partial charge on any atom is 0.305 e. The van der Waals surface area contributed by atoms with Crippen molar-refractivity contribution in [2.45, 2.75) is 437 Å². The molecule has 6 heteroatoms. The van der Waals surface area contributed by atoms with E-state index in [4.69, 9.17) is 4.74 Å². The Labute approximate surface area is 489 Å². The summed E-state index contributed by atoms with van der Waals surface area (Å²) >= 11 is 0. The minimum absolute atomic E-state index is 0.0189. The maximum atomic E-state index is 12.6. The number of ether oxygens (including phenoxy) is 1. The van der Waals surface area contributed by atoms with Crippen LogP contribution in [0.3, 0.4) is 0 Å². The summed E-state index contributed by atoms with van der Waals surface area (Å²) in [5.74, 6) is -0.0104. The van der Waals surface area contributed by atoms with E-state index >= 15 is 0 Å². The minimum atomic E-state index is -0.665. The molecule has 0 aromatic heterocycles. The Morgan fingerprint density at radius 3 is 0.782 bits per heavy atom. The molecule has 0 bridgehead atoms. The van der Waals surface area contributed by atoms with Crippen molar-refractivity contribution < 1.29 is 24.5 Å². The van der Waals surface area contributed by atoms with Gasteiger partial charge in [0.25, 0.3) is 0 Å². The summed E-state index contributed by atoms with van der Waals surface area (Å²) in [6.45, 7) is 5.01. The second kappa shape index (κ2) is 68.4. The molecule has 2 atom stereocenters. The van der Waals surface area contributed by atoms with E-state index in [1.54, 1.807) is 0 Å². The molecule has 0 aromatic carbocycles. The molecule has 0 rings (SSSR count). The molecule has 2 unspecified atom stereocenters. The Bertz CT molecular complexity index is 1130. The lowest BCUT2D eigenvalue weighted by Gasteiger charge is -2.22. The first-order valence-corrected chi connectivity index (χ1v) is 36.3. The van der Waals surface area contributed by atoms with Crippen LogP contribution in [0.2, 0.25) is 0 Å². The van der Waals surface area contributed by atoms with E-state index in [0.717, 1.165) is 38.5 Å². The fourth-order valence-electron chi connectivity index (χ4n) is 11.9. The van der Waals surface area contributed by atoms with E-state index < -0.39 is 12.1 Å². The van der Waals surface area contributed by atoms with Crippen LogP contribution in [0.25, 0.3) is 0 Å². The average Bonchev–Trinajstić information content (AvgIpc) is 3.44. The lowest BCUT2D eigenvalue weighted by molar-refractivity contribution is -0.143. The van der Waals surface area contributed by atoms with Gasteiger partial charge in [-0.1, -0.05) is 386 Å². The maximum absolute atomic E-state index is 12.6. The predicted molar refractivity (Wildman–Crippen MR) is 343 cm³/mol. The minimum Gasteiger partial charge on any atom is -0.466 e. The first kappa shape index (κ1) is 76.9. The number of nitrogens with one attached hydrogen (secondary N) is 1. The fourth-order valence-corrected chi connectivity index (χ4v) is 11.9. The standard InChI is InChI=1S/C72H143NO5/c1-3-5-7-9-11-13-15-17-19-21-22-23-26-29-33-36-40-44-48-52-56-60-64-70(75)69(68-74)73-71(76)65-61-57-53-49-45-41-37-34-30-27-24-25-28-31-35-39-43-47-51-55-59-63-67-78-72(77)66-62-58-54-50-46-42-38-32-20-18-16-14-12-10-8-6-4-2/h69-70,74-75H,3-68H2,1-2H3,(H,73,76). The second-order valence-electron chi connectivity index (χ2n) is 25.3. The van der Waals surface area contributed by atoms with E-state index in [-0.39, 0.29) is 18.5 Å². The first-order chi connectivity index (χ1) is 38.5. The summed E-state index contributed by atoms with van der Waals surface area (Å²) in [5.41, 5.74) is 0. The zero-order valence-corrected chi connectivity index (χ0v) is 53.4. The molecule has 3 N–H and O–H groups in total. The number of unbranched alkanes of at least 4 members (excludes halogenated alkanes) is 58. The second-order valence-corrected chi connectivity index (χ2v) is 25.3. The van der Waals surface area contributed by atoms with Gasteiger partial charge in [0.2, 0.25) is 5.91 Å². The van der Waals surface area contributed by atoms with E-state index in [9.17, 15) is 19.8 Å². The highest BCUT2D eigenvalue weighted by molar-refractivity contribution is 5.76. The Kier molecular flexibility index (Phi) is 67.4. The molecule has 0 aromatic rings. The third kappa shape index (κ3) is 64.0. The molecule has 0 aliphatic rings. The summed E-state index contributed by atoms with van der Waals surface area (Å²) in [5, 5.41) is 23.4. The van der Waals surface area contributed by atoms with E-state index in [2.05, 4.69) is 19.2 Å². The highest BCUT2D eigenvalue weighted by Crippen LogP contribution is 2.20. The van der Waals surface area contributed by atoms with Crippen molar-refractivity contribution in [3.8, 4) is 0 Å². The quantitative estimate of drug-likeness (QED) is 0.0417. The van der Waals surface area contributed by atoms with Crippen LogP contribution >= 0.6 is 0 Å². The summed E-state index contributed by atoms with van der Waals surface area (Å²) in [4.78, 5) is 24.7. The number of aliphatic hydroxyl groups is 2. The lowest BCUT2D eigenvalue weighted by atomic mass is 10.0. The third-order valence-electron chi connectivity index (χ3n) is 17.4. The summed E-state index contributed by atoms with van der Waals surface area (Å²) < 4.78 is 5.51. The van der Waals surface area contributed by atoms with Crippen LogP contribution in [0.5, 0.6) is 0 Å². The smallest absolute Gasteiger partial charge is 0.305 e. The topological polar surface area (TPSA) is 95.9 Å². The number of esters is 1. The molecule has 0 spiro atoms. The van der Waals surface area contributed by atoms with E-state index in [0.29, 0.717) is 25.9 Å². The molecule has 78 heavy (non-hydrogen) atoms. The van der Waals surface area contributed by atoms with Gasteiger partial charge in [0.15, 0.2) is 0 Å². The van der Waals surface area contributed by atoms with Gasteiger partial charge >= 0.3 is 5.97 Å². The number of carbonyl (C=O) groups is 2. The number of amides is 1. The molecule has 0 saturated carbocycles. The molecule has 0 aliphatic carbocycles. The van der Waals surface area contributed by atoms with Crippen molar-refractivity contribution >= 4 is 11.9 Å². The normalized spacial score (nSPS) is 12.4. The number of carbonyl (C=O) groups excluding carboxylic acids is 2. The Morgan fingerprint density at radius 1 is 0.308 bits per heavy atom. The van der Waals surface area contributed by atoms with Gasteiger partial charge in [-0.15, -0.1) is 0 Å². The molecular weight excluding hydrogens is 959 g/mol. The zero-order chi connectivity index (χ0) is 56.4. The molecule has 0 aliphatic heterocycles. The highest BCUT2D eigenvalue weighted by atomic mass is 16.5. The van der Waals surface area contributed by atoms with Gasteiger partial charge in [0, 0.05) is 12.8 Å². The van der Waals surface area contributed by atoms with Gasteiger partial charge in [-0.2, -0.15) is 0 Å². The van der Waals surface area contributed by atoms with Crippen LogP contribution in [-0.4, -0.2) is 47.4 Å². The molecular formula is C72H143NO5. The van der Waals surface area contributed by atoms with Crippen molar-refractivity contribution in [1.82, 2.24) is 5.32 Å². The molecule has 0 fully saturated rings. The molecule has 0 radical (unpaired) electrons. The van der Waals surface area contributed by atoms with Crippen molar-refractivity contribution in [2.24, 2.45) is 0 Å². The van der Waals surface area contributed by atoms with Gasteiger partial charge in [0.1, 0.15) is 0 Å². The summed E-state index contributed by atoms with van der Waals surface area (Å²) in [6, 6.07) is -0.542. The Balaban J connectivity index is 3.36. The summed E-state index contributed by atoms with van der Waals surface area (Å²) in [6.07, 6.45) is 82.9. The predicted octanol–water partition coefficient (Wildman–Crippen LogP) is 23.4. The van der Waals surface area contributed by atoms with Gasteiger partial charge in [-0.3, -0.25) is 9.59 Å². The highest BCUT2D eigenvalue weighted by Gasteiger charge is 2.20. The lowest BCUT2D eigenvalue weighted by Crippen LogP contribution is -2.45. The van der Waals surface area contributed by atoms with Crippen LogP contribution in [0.15, 0.2) is 0 Å². The fraction of sp³-hybridized carbons (Fsp3) is 0.972. The molecule has 1 amide bonds. The molecule has 466 valence electrons. The van der Waals surface area contributed by atoms with Gasteiger partial charge in [0.05, 0.1) is 25.4 Å². The average molecular weight is 1100 g/mol. The largest absolute Gasteiger partial charge is 0.466 e. The SMILES string of the molecule is CCCCCCCCCCCCCCCCCCCCCCCCC(O)C(CO)NC(=O)CCCCCCCCCCCCCCCCCCCCCCCCOC(=O)CCCCCCCCCCCCCCCCCCC. The number of hydrogen-bond acceptors (Lipinski definition) is 5. The number of hydrogen-bond donors (Lipinski definition) is 3. The van der Waals surface area contributed by atoms with Crippen LogP contribution < -0.4 is 5.32 Å². The molecule has 0 saturated heterocycles. The van der Waals surface area contributed by atoms with Crippen molar-refractivity contribution in [3.63, 3.8) is 0 Å². The van der Waals surface area contributed by atoms with Gasteiger partial charge in [-0.05, 0) is 25.7 Å². The van der Waals surface area contributed by atoms with Crippen molar-refractivity contribution in [3.05, 3.63) is 0 Å². The van der Waals surface area contributed by atoms with E-state index in [1.807, 2.05) is 0 Å². The van der Waals surface area contributed by atoms with Crippen LogP contribution in [0.4, 0.5) is 0 Å². The van der Waals surface area contributed by atoms with Crippen molar-refractivity contribution in [2.75, 3.05) is 13.2 Å². The third-order valence-corrected chi connectivity index (χ3v) is 17.4. The monoisotopic (exact) mass is 1100 g/mol. The number of aliphatic hydroxyl groups excluding tert-OH is 2. The Morgan fingerprint density at radius 2 is 0.526 bits per heavy atom. The Hall–Kier alpha value is -1.14.